The zero-order chi connectivity index (χ0) is 16.8. The minimum atomic E-state index is -0.562. The molecule has 0 fully saturated rings. The van der Waals surface area contributed by atoms with E-state index in [1.807, 2.05) is 11.5 Å². The summed E-state index contributed by atoms with van der Waals surface area (Å²) in [6.07, 6.45) is 1.76. The molecular weight excluding hydrogens is 301 g/mol. The monoisotopic (exact) mass is 321 g/mol. The molecule has 1 aromatic carbocycles. The molecule has 0 unspecified atom stereocenters. The Balaban J connectivity index is 1.95. The van der Waals surface area contributed by atoms with Crippen molar-refractivity contribution in [1.82, 2.24) is 14.9 Å². The van der Waals surface area contributed by atoms with Gasteiger partial charge in [0, 0.05) is 37.7 Å². The van der Waals surface area contributed by atoms with Gasteiger partial charge in [-0.05, 0) is 25.1 Å². The molecule has 0 aliphatic carbocycles. The Morgan fingerprint density at radius 3 is 2.83 bits per heavy atom. The second kappa shape index (κ2) is 7.73. The Morgan fingerprint density at radius 1 is 1.39 bits per heavy atom. The number of imidazole rings is 1. The third-order valence-electron chi connectivity index (χ3n) is 3.45. The number of hydrogen-bond donors (Lipinski definition) is 1. The van der Waals surface area contributed by atoms with Gasteiger partial charge in [0.1, 0.15) is 12.4 Å². The molecule has 1 N–H and O–H groups in total. The van der Waals surface area contributed by atoms with E-state index in [9.17, 15) is 9.18 Å². The first kappa shape index (κ1) is 17.0. The van der Waals surface area contributed by atoms with Gasteiger partial charge >= 0.3 is 0 Å². The molecule has 0 bridgehead atoms. The van der Waals surface area contributed by atoms with Gasteiger partial charge in [0.15, 0.2) is 11.6 Å². The number of halogens is 1. The Hall–Kier alpha value is -2.41. The number of carbonyl (C=O) groups is 1. The van der Waals surface area contributed by atoms with Crippen LogP contribution in [0, 0.1) is 12.7 Å². The van der Waals surface area contributed by atoms with Gasteiger partial charge < -0.3 is 19.4 Å². The standard InChI is InChI=1S/C16H20FN3O3/c1-11-9-19-15(10-22-2)20(11)7-6-18-16(21)12-4-5-14(23-3)13(17)8-12/h4-5,8-9H,6-7,10H2,1-3H3,(H,18,21). The van der Waals surface area contributed by atoms with E-state index in [0.29, 0.717) is 19.7 Å². The van der Waals surface area contributed by atoms with Gasteiger partial charge in [0.2, 0.25) is 0 Å². The van der Waals surface area contributed by atoms with E-state index in [4.69, 9.17) is 9.47 Å². The predicted octanol–water partition coefficient (Wildman–Crippen LogP) is 1.92. The molecule has 2 rings (SSSR count). The number of nitrogens with one attached hydrogen (secondary N) is 1. The van der Waals surface area contributed by atoms with Crippen LogP contribution in [0.3, 0.4) is 0 Å². The second-order valence-electron chi connectivity index (χ2n) is 5.01. The molecule has 0 spiro atoms. The lowest BCUT2D eigenvalue weighted by Crippen LogP contribution is -2.28. The fraction of sp³-hybridized carbons (Fsp3) is 0.375. The second-order valence-corrected chi connectivity index (χ2v) is 5.01. The quantitative estimate of drug-likeness (QED) is 0.846. The van der Waals surface area contributed by atoms with Crippen LogP contribution in [0.2, 0.25) is 0 Å². The topological polar surface area (TPSA) is 65.4 Å². The van der Waals surface area contributed by atoms with Crippen molar-refractivity contribution in [3.05, 3.63) is 47.3 Å². The summed E-state index contributed by atoms with van der Waals surface area (Å²) in [6.45, 7) is 3.31. The number of nitrogens with zero attached hydrogens (tertiary/aromatic N) is 2. The van der Waals surface area contributed by atoms with Crippen molar-refractivity contribution in [2.75, 3.05) is 20.8 Å². The summed E-state index contributed by atoms with van der Waals surface area (Å²) in [6, 6.07) is 4.12. The third kappa shape index (κ3) is 4.07. The van der Waals surface area contributed by atoms with Gasteiger partial charge in [-0.3, -0.25) is 4.79 Å². The van der Waals surface area contributed by atoms with Crippen LogP contribution in [0.5, 0.6) is 5.75 Å². The zero-order valence-electron chi connectivity index (χ0n) is 13.4. The number of amides is 1. The zero-order valence-corrected chi connectivity index (χ0v) is 13.4. The van der Waals surface area contributed by atoms with Crippen molar-refractivity contribution >= 4 is 5.91 Å². The molecule has 0 atom stereocenters. The highest BCUT2D eigenvalue weighted by atomic mass is 19.1. The highest BCUT2D eigenvalue weighted by Gasteiger charge is 2.11. The summed E-state index contributed by atoms with van der Waals surface area (Å²) < 4.78 is 25.5. The maximum atomic E-state index is 13.6. The van der Waals surface area contributed by atoms with Crippen LogP contribution in [-0.4, -0.2) is 36.2 Å². The van der Waals surface area contributed by atoms with Gasteiger partial charge in [0.25, 0.3) is 5.91 Å². The molecule has 0 radical (unpaired) electrons. The number of carbonyl (C=O) groups excluding carboxylic acids is 1. The number of methoxy groups -OCH3 is 2. The highest BCUT2D eigenvalue weighted by Crippen LogP contribution is 2.17. The van der Waals surface area contributed by atoms with E-state index in [1.165, 1.54) is 19.2 Å². The molecule has 6 nitrogen and oxygen atoms in total. The van der Waals surface area contributed by atoms with E-state index >= 15 is 0 Å². The minimum Gasteiger partial charge on any atom is -0.494 e. The Kier molecular flexibility index (Phi) is 5.70. The largest absolute Gasteiger partial charge is 0.494 e. The first-order valence-corrected chi connectivity index (χ1v) is 7.18. The van der Waals surface area contributed by atoms with Crippen LogP contribution in [-0.2, 0) is 17.9 Å². The van der Waals surface area contributed by atoms with Crippen molar-refractivity contribution in [2.45, 2.75) is 20.1 Å². The maximum absolute atomic E-state index is 13.6. The highest BCUT2D eigenvalue weighted by molar-refractivity contribution is 5.94. The van der Waals surface area contributed by atoms with Crippen molar-refractivity contribution in [3.63, 3.8) is 0 Å². The van der Waals surface area contributed by atoms with Crippen LogP contribution in [0.1, 0.15) is 21.9 Å². The number of hydrogen-bond acceptors (Lipinski definition) is 4. The number of benzene rings is 1. The van der Waals surface area contributed by atoms with Crippen LogP contribution in [0.15, 0.2) is 24.4 Å². The number of aryl methyl sites for hydroxylation is 1. The molecule has 0 saturated heterocycles. The first-order valence-electron chi connectivity index (χ1n) is 7.18. The van der Waals surface area contributed by atoms with Crippen molar-refractivity contribution in [3.8, 4) is 5.75 Å². The molecule has 0 aliphatic heterocycles. The smallest absolute Gasteiger partial charge is 0.251 e. The lowest BCUT2D eigenvalue weighted by Gasteiger charge is -2.11. The molecule has 23 heavy (non-hydrogen) atoms. The lowest BCUT2D eigenvalue weighted by molar-refractivity contribution is 0.0951. The lowest BCUT2D eigenvalue weighted by atomic mass is 10.2. The average molecular weight is 321 g/mol. The van der Waals surface area contributed by atoms with E-state index in [2.05, 4.69) is 10.3 Å². The first-order chi connectivity index (χ1) is 11.1. The number of rotatable bonds is 7. The van der Waals surface area contributed by atoms with Crippen molar-refractivity contribution in [2.24, 2.45) is 0 Å². The van der Waals surface area contributed by atoms with Crippen LogP contribution >= 0.6 is 0 Å². The van der Waals surface area contributed by atoms with E-state index < -0.39 is 5.82 Å². The predicted molar refractivity (Wildman–Crippen MR) is 83.0 cm³/mol. The van der Waals surface area contributed by atoms with Gasteiger partial charge in [-0.2, -0.15) is 0 Å². The molecule has 1 amide bonds. The van der Waals surface area contributed by atoms with Crippen molar-refractivity contribution < 1.29 is 18.7 Å². The molecule has 1 aromatic heterocycles. The average Bonchev–Trinajstić information content (AvgIpc) is 2.88. The van der Waals surface area contributed by atoms with E-state index in [1.54, 1.807) is 13.3 Å². The Bertz CT molecular complexity index is 685. The molecule has 2 aromatic rings. The van der Waals surface area contributed by atoms with Gasteiger partial charge in [-0.25, -0.2) is 9.37 Å². The SMILES string of the molecule is COCc1ncc(C)n1CCNC(=O)c1ccc(OC)c(F)c1. The van der Waals surface area contributed by atoms with Crippen LogP contribution in [0.25, 0.3) is 0 Å². The molecule has 0 aliphatic rings. The fourth-order valence-corrected chi connectivity index (χ4v) is 2.25. The van der Waals surface area contributed by atoms with Gasteiger partial charge in [-0.15, -0.1) is 0 Å². The molecule has 1 heterocycles. The molecular formula is C16H20FN3O3. The maximum Gasteiger partial charge on any atom is 0.251 e. The summed E-state index contributed by atoms with van der Waals surface area (Å²) in [5, 5.41) is 2.76. The summed E-state index contributed by atoms with van der Waals surface area (Å²) in [5.74, 6) is 0.0140. The Labute approximate surface area is 134 Å². The van der Waals surface area contributed by atoms with Gasteiger partial charge in [-0.1, -0.05) is 0 Å². The summed E-state index contributed by atoms with van der Waals surface area (Å²) in [5.41, 5.74) is 1.24. The molecule has 124 valence electrons. The van der Waals surface area contributed by atoms with E-state index in [-0.39, 0.29) is 17.2 Å². The van der Waals surface area contributed by atoms with E-state index in [0.717, 1.165) is 17.6 Å². The number of ether oxygens (including phenoxy) is 2. The van der Waals surface area contributed by atoms with Crippen LogP contribution < -0.4 is 10.1 Å². The minimum absolute atomic E-state index is 0.111. The van der Waals surface area contributed by atoms with Crippen LogP contribution in [0.4, 0.5) is 4.39 Å². The van der Waals surface area contributed by atoms with Gasteiger partial charge in [0.05, 0.1) is 7.11 Å². The summed E-state index contributed by atoms with van der Waals surface area (Å²) in [7, 11) is 2.98. The molecule has 0 saturated carbocycles. The number of aromatic nitrogens is 2. The third-order valence-corrected chi connectivity index (χ3v) is 3.45. The van der Waals surface area contributed by atoms with Crippen molar-refractivity contribution in [1.29, 1.82) is 0 Å². The Morgan fingerprint density at radius 2 is 2.17 bits per heavy atom. The molecule has 7 heteroatoms. The summed E-state index contributed by atoms with van der Waals surface area (Å²) in [4.78, 5) is 16.3. The normalized spacial score (nSPS) is 10.6. The summed E-state index contributed by atoms with van der Waals surface area (Å²) >= 11 is 0. The fourth-order valence-electron chi connectivity index (χ4n) is 2.25.